The lowest BCUT2D eigenvalue weighted by Gasteiger charge is -2.32. The van der Waals surface area contributed by atoms with Crippen molar-refractivity contribution in [1.29, 1.82) is 0 Å². The fraction of sp³-hybridized carbons (Fsp3) is 0.310. The minimum Gasteiger partial charge on any atom is -0.352 e. The number of amides is 2. The maximum atomic E-state index is 13.7. The van der Waals surface area contributed by atoms with Crippen LogP contribution in [0.15, 0.2) is 78.9 Å². The smallest absolute Gasteiger partial charge is 0.243 e. The van der Waals surface area contributed by atoms with Crippen LogP contribution < -0.4 is 5.32 Å². The molecule has 1 N–H and O–H groups in total. The number of nitrogens with one attached hydrogen (secondary N) is 1. The normalized spacial score (nSPS) is 12.6. The van der Waals surface area contributed by atoms with Crippen molar-refractivity contribution in [1.82, 2.24) is 10.2 Å². The monoisotopic (exact) mass is 476 g/mol. The summed E-state index contributed by atoms with van der Waals surface area (Å²) in [7, 11) is 0. The average Bonchev–Trinajstić information content (AvgIpc) is 2.84. The van der Waals surface area contributed by atoms with Gasteiger partial charge in [-0.05, 0) is 49.1 Å². The van der Waals surface area contributed by atoms with E-state index < -0.39 is 6.04 Å². The standard InChI is InChI=1S/C29H33ClN2O2/c1-4-22(3)31-29(34)27(18-23-8-6-5-7-9-23)32(20-25-14-16-26(30)17-15-25)28(33)19-24-12-10-21(2)11-13-24/h5-17,22,27H,4,18-20H2,1-3H3,(H,31,34)/t22-,27-/m0/s1. The number of carbonyl (C=O) groups excluding carboxylic acids is 2. The third kappa shape index (κ3) is 7.46. The molecule has 5 heteroatoms. The van der Waals surface area contributed by atoms with Gasteiger partial charge < -0.3 is 10.2 Å². The van der Waals surface area contributed by atoms with Crippen LogP contribution in [0.2, 0.25) is 5.02 Å². The Morgan fingerprint density at radius 2 is 1.50 bits per heavy atom. The Morgan fingerprint density at radius 1 is 0.882 bits per heavy atom. The van der Waals surface area contributed by atoms with E-state index >= 15 is 0 Å². The molecule has 0 aliphatic carbocycles. The number of rotatable bonds is 10. The maximum absolute atomic E-state index is 13.7. The molecule has 0 fully saturated rings. The number of aryl methyl sites for hydroxylation is 1. The van der Waals surface area contributed by atoms with Crippen molar-refractivity contribution in [3.05, 3.63) is 106 Å². The molecule has 0 aliphatic rings. The third-order valence-electron chi connectivity index (χ3n) is 6.01. The molecule has 0 saturated heterocycles. The predicted octanol–water partition coefficient (Wildman–Crippen LogP) is 5.75. The zero-order valence-corrected chi connectivity index (χ0v) is 20.9. The summed E-state index contributed by atoms with van der Waals surface area (Å²) in [6.07, 6.45) is 1.49. The quantitative estimate of drug-likeness (QED) is 0.405. The van der Waals surface area contributed by atoms with Gasteiger partial charge in [0.15, 0.2) is 0 Å². The highest BCUT2D eigenvalue weighted by Gasteiger charge is 2.31. The third-order valence-corrected chi connectivity index (χ3v) is 6.27. The number of halogens is 1. The van der Waals surface area contributed by atoms with E-state index in [1.807, 2.05) is 99.6 Å². The van der Waals surface area contributed by atoms with Gasteiger partial charge >= 0.3 is 0 Å². The first kappa shape index (κ1) is 25.5. The van der Waals surface area contributed by atoms with Crippen molar-refractivity contribution in [3.8, 4) is 0 Å². The number of hydrogen-bond acceptors (Lipinski definition) is 2. The predicted molar refractivity (Wildman–Crippen MR) is 139 cm³/mol. The molecule has 2 atom stereocenters. The minimum absolute atomic E-state index is 0.0235. The Kier molecular flexibility index (Phi) is 9.29. The molecule has 0 heterocycles. The van der Waals surface area contributed by atoms with Crippen molar-refractivity contribution < 1.29 is 9.59 Å². The molecule has 3 rings (SSSR count). The zero-order chi connectivity index (χ0) is 24.5. The van der Waals surface area contributed by atoms with Gasteiger partial charge in [0.05, 0.1) is 6.42 Å². The molecule has 178 valence electrons. The van der Waals surface area contributed by atoms with E-state index in [1.54, 1.807) is 4.90 Å². The van der Waals surface area contributed by atoms with Crippen LogP contribution >= 0.6 is 11.6 Å². The van der Waals surface area contributed by atoms with Crippen molar-refractivity contribution in [2.45, 2.75) is 58.7 Å². The summed E-state index contributed by atoms with van der Waals surface area (Å²) in [4.78, 5) is 28.9. The number of carbonyl (C=O) groups is 2. The molecule has 3 aromatic carbocycles. The molecule has 0 saturated carbocycles. The van der Waals surface area contributed by atoms with Crippen LogP contribution in [0.3, 0.4) is 0 Å². The van der Waals surface area contributed by atoms with Crippen molar-refractivity contribution in [2.24, 2.45) is 0 Å². The first-order valence-electron chi connectivity index (χ1n) is 11.8. The largest absolute Gasteiger partial charge is 0.352 e. The van der Waals surface area contributed by atoms with E-state index in [-0.39, 0.29) is 24.3 Å². The molecule has 2 amide bonds. The Balaban J connectivity index is 1.95. The zero-order valence-electron chi connectivity index (χ0n) is 20.1. The van der Waals surface area contributed by atoms with Gasteiger partial charge in [0, 0.05) is 24.0 Å². The summed E-state index contributed by atoms with van der Waals surface area (Å²) < 4.78 is 0. The van der Waals surface area contributed by atoms with Crippen LogP contribution in [0, 0.1) is 6.92 Å². The van der Waals surface area contributed by atoms with Crippen molar-refractivity contribution in [2.75, 3.05) is 0 Å². The molecule has 0 radical (unpaired) electrons. The number of hydrogen-bond donors (Lipinski definition) is 1. The van der Waals surface area contributed by atoms with E-state index in [9.17, 15) is 9.59 Å². The Hall–Kier alpha value is -3.11. The summed E-state index contributed by atoms with van der Waals surface area (Å²) in [5, 5.41) is 3.73. The minimum atomic E-state index is -0.634. The fourth-order valence-corrected chi connectivity index (χ4v) is 3.89. The Labute approximate surface area is 207 Å². The van der Waals surface area contributed by atoms with E-state index in [1.165, 1.54) is 0 Å². The van der Waals surface area contributed by atoms with Crippen LogP contribution in [0.25, 0.3) is 0 Å². The first-order valence-corrected chi connectivity index (χ1v) is 12.2. The fourth-order valence-electron chi connectivity index (χ4n) is 3.76. The average molecular weight is 477 g/mol. The van der Waals surface area contributed by atoms with Gasteiger partial charge in [0.2, 0.25) is 11.8 Å². The molecule has 34 heavy (non-hydrogen) atoms. The van der Waals surface area contributed by atoms with Gasteiger partial charge in [-0.1, -0.05) is 90.8 Å². The van der Waals surface area contributed by atoms with Gasteiger partial charge in [-0.15, -0.1) is 0 Å². The molecular weight excluding hydrogens is 444 g/mol. The highest BCUT2D eigenvalue weighted by molar-refractivity contribution is 6.30. The molecule has 0 aromatic heterocycles. The van der Waals surface area contributed by atoms with Gasteiger partial charge in [-0.3, -0.25) is 9.59 Å². The van der Waals surface area contributed by atoms with Crippen LogP contribution in [0.1, 0.15) is 42.5 Å². The molecule has 0 unspecified atom stereocenters. The van der Waals surface area contributed by atoms with Crippen LogP contribution in [0.5, 0.6) is 0 Å². The van der Waals surface area contributed by atoms with Crippen molar-refractivity contribution in [3.63, 3.8) is 0 Å². The molecule has 0 bridgehead atoms. The molecule has 4 nitrogen and oxygen atoms in total. The van der Waals surface area contributed by atoms with E-state index in [0.717, 1.165) is 28.7 Å². The van der Waals surface area contributed by atoms with E-state index in [0.29, 0.717) is 18.0 Å². The van der Waals surface area contributed by atoms with Crippen LogP contribution in [-0.4, -0.2) is 28.8 Å². The van der Waals surface area contributed by atoms with Crippen molar-refractivity contribution >= 4 is 23.4 Å². The van der Waals surface area contributed by atoms with Gasteiger partial charge in [-0.25, -0.2) is 0 Å². The number of benzene rings is 3. The molecule has 0 aliphatic heterocycles. The summed E-state index contributed by atoms with van der Waals surface area (Å²) in [5.74, 6) is -0.219. The summed E-state index contributed by atoms with van der Waals surface area (Å²) in [5.41, 5.74) is 4.01. The lowest BCUT2D eigenvalue weighted by molar-refractivity contribution is -0.141. The highest BCUT2D eigenvalue weighted by atomic mass is 35.5. The SMILES string of the molecule is CC[C@H](C)NC(=O)[C@H](Cc1ccccc1)N(Cc1ccc(Cl)cc1)C(=O)Cc1ccc(C)cc1. The summed E-state index contributed by atoms with van der Waals surface area (Å²) in [6.45, 7) is 6.36. The maximum Gasteiger partial charge on any atom is 0.243 e. The van der Waals surface area contributed by atoms with Gasteiger partial charge in [0.1, 0.15) is 6.04 Å². The topological polar surface area (TPSA) is 49.4 Å². The molecule has 0 spiro atoms. The lowest BCUT2D eigenvalue weighted by Crippen LogP contribution is -2.52. The summed E-state index contributed by atoms with van der Waals surface area (Å²) >= 11 is 6.08. The highest BCUT2D eigenvalue weighted by Crippen LogP contribution is 2.18. The van der Waals surface area contributed by atoms with Gasteiger partial charge in [0.25, 0.3) is 0 Å². The summed E-state index contributed by atoms with van der Waals surface area (Å²) in [6, 6.07) is 24.6. The Morgan fingerprint density at radius 3 is 2.12 bits per heavy atom. The van der Waals surface area contributed by atoms with Crippen LogP contribution in [0.4, 0.5) is 0 Å². The van der Waals surface area contributed by atoms with Crippen LogP contribution in [-0.2, 0) is 29.0 Å². The second kappa shape index (κ2) is 12.4. The van der Waals surface area contributed by atoms with E-state index in [4.69, 9.17) is 11.6 Å². The van der Waals surface area contributed by atoms with E-state index in [2.05, 4.69) is 5.32 Å². The Bertz CT molecular complexity index is 1070. The first-order chi connectivity index (χ1) is 16.4. The molecule has 3 aromatic rings. The lowest BCUT2D eigenvalue weighted by atomic mass is 10.0. The van der Waals surface area contributed by atoms with Gasteiger partial charge in [-0.2, -0.15) is 0 Å². The second-order valence-electron chi connectivity index (χ2n) is 8.83. The second-order valence-corrected chi connectivity index (χ2v) is 9.27. The molecular formula is C29H33ClN2O2. The number of nitrogens with zero attached hydrogens (tertiary/aromatic N) is 1.